The maximum atomic E-state index is 11.8. The first kappa shape index (κ1) is 13.4. The van der Waals surface area contributed by atoms with Gasteiger partial charge in [0.05, 0.1) is 0 Å². The number of halogens is 3. The lowest BCUT2D eigenvalue weighted by Crippen LogP contribution is -1.98. The Bertz CT molecular complexity index is 251. The second-order valence-corrected chi connectivity index (χ2v) is 3.50. The fourth-order valence-electron chi connectivity index (χ4n) is 0.740. The van der Waals surface area contributed by atoms with Gasteiger partial charge in [0.2, 0.25) is 0 Å². The normalized spacial score (nSPS) is 10.4. The largest absolute Gasteiger partial charge is 0.446 e. The van der Waals surface area contributed by atoms with Crippen LogP contribution in [0.2, 0.25) is 0 Å². The molecule has 0 aromatic heterocycles. The molecule has 80 valence electrons. The summed E-state index contributed by atoms with van der Waals surface area (Å²) in [6.07, 6.45) is 0. The SMILES string of the molecule is CC.Cc1ccc(SC(F)(F)F)cc1. The Kier molecular flexibility index (Phi) is 5.69. The third kappa shape index (κ3) is 5.91. The van der Waals surface area contributed by atoms with E-state index in [-0.39, 0.29) is 16.7 Å². The number of hydrogen-bond donors (Lipinski definition) is 0. The van der Waals surface area contributed by atoms with Gasteiger partial charge in [-0.05, 0) is 30.8 Å². The van der Waals surface area contributed by atoms with Crippen LogP contribution in [-0.2, 0) is 0 Å². The minimum absolute atomic E-state index is 0.0906. The van der Waals surface area contributed by atoms with Crippen molar-refractivity contribution in [1.82, 2.24) is 0 Å². The summed E-state index contributed by atoms with van der Waals surface area (Å²) in [6.45, 7) is 5.84. The molecule has 0 fully saturated rings. The van der Waals surface area contributed by atoms with Crippen LogP contribution in [0.4, 0.5) is 13.2 Å². The van der Waals surface area contributed by atoms with Crippen LogP contribution in [0, 0.1) is 6.92 Å². The second-order valence-electron chi connectivity index (χ2n) is 2.36. The highest BCUT2D eigenvalue weighted by Gasteiger charge is 2.28. The van der Waals surface area contributed by atoms with E-state index in [0.717, 1.165) is 5.56 Å². The zero-order valence-electron chi connectivity index (χ0n) is 8.35. The van der Waals surface area contributed by atoms with Gasteiger partial charge in [-0.1, -0.05) is 31.5 Å². The lowest BCUT2D eigenvalue weighted by Gasteiger charge is -2.04. The molecule has 0 bridgehead atoms. The first-order chi connectivity index (χ1) is 6.47. The van der Waals surface area contributed by atoms with Crippen molar-refractivity contribution >= 4 is 11.8 Å². The van der Waals surface area contributed by atoms with Gasteiger partial charge in [0.15, 0.2) is 0 Å². The Hall–Kier alpha value is -0.640. The predicted molar refractivity (Wildman–Crippen MR) is 54.4 cm³/mol. The van der Waals surface area contributed by atoms with Crippen molar-refractivity contribution in [3.8, 4) is 0 Å². The lowest BCUT2D eigenvalue weighted by molar-refractivity contribution is -0.0328. The molecule has 0 unspecified atom stereocenters. The Labute approximate surface area is 86.5 Å². The molecule has 0 saturated heterocycles. The minimum atomic E-state index is -4.19. The van der Waals surface area contributed by atoms with Crippen LogP contribution < -0.4 is 0 Å². The van der Waals surface area contributed by atoms with Crippen LogP contribution in [0.15, 0.2) is 29.2 Å². The summed E-state index contributed by atoms with van der Waals surface area (Å²) < 4.78 is 35.4. The topological polar surface area (TPSA) is 0 Å². The molecular formula is C10H13F3S. The average molecular weight is 222 g/mol. The first-order valence-corrected chi connectivity index (χ1v) is 5.11. The molecule has 1 aromatic carbocycles. The third-order valence-electron chi connectivity index (χ3n) is 1.25. The predicted octanol–water partition coefficient (Wildman–Crippen LogP) is 4.63. The Balaban J connectivity index is 0.000000791. The van der Waals surface area contributed by atoms with E-state index in [9.17, 15) is 13.2 Å². The van der Waals surface area contributed by atoms with Crippen LogP contribution in [0.25, 0.3) is 0 Å². The van der Waals surface area contributed by atoms with Crippen molar-refractivity contribution in [3.63, 3.8) is 0 Å². The summed E-state index contributed by atoms with van der Waals surface area (Å²) in [7, 11) is 0. The van der Waals surface area contributed by atoms with Gasteiger partial charge in [0, 0.05) is 4.90 Å². The van der Waals surface area contributed by atoms with Crippen molar-refractivity contribution < 1.29 is 13.2 Å². The molecule has 0 saturated carbocycles. The van der Waals surface area contributed by atoms with E-state index in [1.54, 1.807) is 12.1 Å². The van der Waals surface area contributed by atoms with Crippen LogP contribution in [-0.4, -0.2) is 5.51 Å². The highest BCUT2D eigenvalue weighted by molar-refractivity contribution is 8.00. The molecule has 0 aliphatic heterocycles. The van der Waals surface area contributed by atoms with E-state index in [4.69, 9.17) is 0 Å². The minimum Gasteiger partial charge on any atom is -0.160 e. The van der Waals surface area contributed by atoms with Gasteiger partial charge < -0.3 is 0 Å². The van der Waals surface area contributed by atoms with Crippen LogP contribution >= 0.6 is 11.8 Å². The maximum Gasteiger partial charge on any atom is 0.446 e. The summed E-state index contributed by atoms with van der Waals surface area (Å²) >= 11 is -0.0906. The van der Waals surface area contributed by atoms with E-state index >= 15 is 0 Å². The number of benzene rings is 1. The van der Waals surface area contributed by atoms with E-state index in [1.165, 1.54) is 12.1 Å². The Morgan fingerprint density at radius 3 is 1.79 bits per heavy atom. The molecule has 0 spiro atoms. The summed E-state index contributed by atoms with van der Waals surface area (Å²) in [6, 6.07) is 6.25. The summed E-state index contributed by atoms with van der Waals surface area (Å²) in [5, 5.41) is 0. The number of aryl methyl sites for hydroxylation is 1. The van der Waals surface area contributed by atoms with E-state index in [0.29, 0.717) is 0 Å². The Morgan fingerprint density at radius 2 is 1.43 bits per heavy atom. The number of rotatable bonds is 1. The Morgan fingerprint density at radius 1 is 1.00 bits per heavy atom. The van der Waals surface area contributed by atoms with E-state index in [2.05, 4.69) is 0 Å². The van der Waals surface area contributed by atoms with Crippen molar-refractivity contribution in [1.29, 1.82) is 0 Å². The standard InChI is InChI=1S/C8H7F3S.C2H6/c1-6-2-4-7(5-3-6)12-8(9,10)11;1-2/h2-5H,1H3;1-2H3. The lowest BCUT2D eigenvalue weighted by atomic mass is 10.2. The molecule has 0 nitrogen and oxygen atoms in total. The molecule has 14 heavy (non-hydrogen) atoms. The second kappa shape index (κ2) is 5.96. The van der Waals surface area contributed by atoms with E-state index < -0.39 is 5.51 Å². The third-order valence-corrected chi connectivity index (χ3v) is 1.99. The van der Waals surface area contributed by atoms with Crippen molar-refractivity contribution in [2.75, 3.05) is 0 Å². The van der Waals surface area contributed by atoms with E-state index in [1.807, 2.05) is 20.8 Å². The van der Waals surface area contributed by atoms with Crippen molar-refractivity contribution in [2.45, 2.75) is 31.2 Å². The molecule has 0 heterocycles. The average Bonchev–Trinajstić information content (AvgIpc) is 2.10. The van der Waals surface area contributed by atoms with Crippen LogP contribution in [0.3, 0.4) is 0 Å². The fourth-order valence-corrected chi connectivity index (χ4v) is 1.28. The highest BCUT2D eigenvalue weighted by Crippen LogP contribution is 2.36. The van der Waals surface area contributed by atoms with Gasteiger partial charge >= 0.3 is 5.51 Å². The zero-order chi connectivity index (χ0) is 11.2. The number of hydrogen-bond acceptors (Lipinski definition) is 1. The van der Waals surface area contributed by atoms with Gasteiger partial charge in [-0.15, -0.1) is 0 Å². The highest BCUT2D eigenvalue weighted by atomic mass is 32.2. The van der Waals surface area contributed by atoms with Crippen LogP contribution in [0.5, 0.6) is 0 Å². The van der Waals surface area contributed by atoms with Crippen molar-refractivity contribution in [2.24, 2.45) is 0 Å². The van der Waals surface area contributed by atoms with Crippen molar-refractivity contribution in [3.05, 3.63) is 29.8 Å². The fraction of sp³-hybridized carbons (Fsp3) is 0.400. The molecule has 0 aliphatic rings. The van der Waals surface area contributed by atoms with Gasteiger partial charge in [-0.3, -0.25) is 0 Å². The molecule has 0 N–H and O–H groups in total. The molecule has 0 radical (unpaired) electrons. The molecule has 4 heteroatoms. The summed E-state index contributed by atoms with van der Waals surface area (Å²) in [4.78, 5) is 0.230. The smallest absolute Gasteiger partial charge is 0.160 e. The molecular weight excluding hydrogens is 209 g/mol. The molecule has 1 aromatic rings. The van der Waals surface area contributed by atoms with Gasteiger partial charge in [0.1, 0.15) is 0 Å². The number of alkyl halides is 3. The monoisotopic (exact) mass is 222 g/mol. The quantitative estimate of drug-likeness (QED) is 0.624. The first-order valence-electron chi connectivity index (χ1n) is 4.30. The van der Waals surface area contributed by atoms with Gasteiger partial charge in [0.25, 0.3) is 0 Å². The van der Waals surface area contributed by atoms with Gasteiger partial charge in [-0.2, -0.15) is 13.2 Å². The number of thioether (sulfide) groups is 1. The molecule has 1 rings (SSSR count). The maximum absolute atomic E-state index is 11.8. The molecule has 0 aliphatic carbocycles. The van der Waals surface area contributed by atoms with Gasteiger partial charge in [-0.25, -0.2) is 0 Å². The van der Waals surface area contributed by atoms with Crippen LogP contribution in [0.1, 0.15) is 19.4 Å². The summed E-state index contributed by atoms with van der Waals surface area (Å²) in [5.74, 6) is 0. The molecule has 0 atom stereocenters. The zero-order valence-corrected chi connectivity index (χ0v) is 9.17. The summed E-state index contributed by atoms with van der Waals surface area (Å²) in [5.41, 5.74) is -3.23. The molecule has 0 amide bonds.